The van der Waals surface area contributed by atoms with Crippen LogP contribution in [0.2, 0.25) is 0 Å². The van der Waals surface area contributed by atoms with Crippen molar-refractivity contribution >= 4 is 17.9 Å². The van der Waals surface area contributed by atoms with Gasteiger partial charge in [-0.05, 0) is 25.2 Å². The predicted molar refractivity (Wildman–Crippen MR) is 75.3 cm³/mol. The standard InChI is InChI=1S/C14H21N3O4/c15-12(18)7-9-3-5-17(6-4-9)14(21)16-11-2-1-10(8-11)13(19)20/h1-2,9-11H,3-8H2,(H2,15,18)(H,16,21)(H,19,20). The predicted octanol–water partition coefficient (Wildman–Crippen LogP) is 0.313. The minimum atomic E-state index is -0.865. The number of primary amides is 1. The summed E-state index contributed by atoms with van der Waals surface area (Å²) in [5.74, 6) is -1.42. The largest absolute Gasteiger partial charge is 0.481 e. The zero-order chi connectivity index (χ0) is 15.4. The zero-order valence-corrected chi connectivity index (χ0v) is 11.8. The van der Waals surface area contributed by atoms with Gasteiger partial charge in [-0.2, -0.15) is 0 Å². The molecule has 0 aromatic heterocycles. The Morgan fingerprint density at radius 2 is 1.90 bits per heavy atom. The number of hydrogen-bond donors (Lipinski definition) is 3. The van der Waals surface area contributed by atoms with Crippen molar-refractivity contribution in [2.24, 2.45) is 17.6 Å². The van der Waals surface area contributed by atoms with E-state index in [2.05, 4.69) is 5.32 Å². The van der Waals surface area contributed by atoms with Crippen molar-refractivity contribution in [1.82, 2.24) is 10.2 Å². The van der Waals surface area contributed by atoms with Gasteiger partial charge in [-0.3, -0.25) is 9.59 Å². The van der Waals surface area contributed by atoms with Crippen molar-refractivity contribution < 1.29 is 19.5 Å². The number of hydrogen-bond acceptors (Lipinski definition) is 3. The van der Waals surface area contributed by atoms with Crippen LogP contribution in [0.25, 0.3) is 0 Å². The molecule has 116 valence electrons. The van der Waals surface area contributed by atoms with Gasteiger partial charge >= 0.3 is 12.0 Å². The molecule has 1 aliphatic heterocycles. The maximum atomic E-state index is 12.1. The summed E-state index contributed by atoms with van der Waals surface area (Å²) in [6.45, 7) is 1.20. The van der Waals surface area contributed by atoms with E-state index in [1.807, 2.05) is 0 Å². The van der Waals surface area contributed by atoms with E-state index in [4.69, 9.17) is 10.8 Å². The Hall–Kier alpha value is -2.05. The Bertz CT molecular complexity index is 455. The summed E-state index contributed by atoms with van der Waals surface area (Å²) >= 11 is 0. The minimum absolute atomic E-state index is 0.173. The van der Waals surface area contributed by atoms with Crippen LogP contribution in [-0.2, 0) is 9.59 Å². The third kappa shape index (κ3) is 4.21. The molecule has 1 fully saturated rings. The first-order chi connectivity index (χ1) is 9.95. The molecule has 3 amide bonds. The van der Waals surface area contributed by atoms with Crippen molar-refractivity contribution in [3.8, 4) is 0 Å². The van der Waals surface area contributed by atoms with Gasteiger partial charge < -0.3 is 21.1 Å². The highest BCUT2D eigenvalue weighted by Gasteiger charge is 2.28. The molecule has 2 atom stereocenters. The third-order valence-corrected chi connectivity index (χ3v) is 4.10. The molecule has 2 rings (SSSR count). The molecule has 0 spiro atoms. The lowest BCUT2D eigenvalue weighted by Crippen LogP contribution is -2.47. The van der Waals surface area contributed by atoms with Crippen LogP contribution in [0.1, 0.15) is 25.7 Å². The molecule has 0 aromatic rings. The van der Waals surface area contributed by atoms with Crippen molar-refractivity contribution in [2.75, 3.05) is 13.1 Å². The van der Waals surface area contributed by atoms with Crippen molar-refractivity contribution in [1.29, 1.82) is 0 Å². The molecule has 0 saturated carbocycles. The van der Waals surface area contributed by atoms with E-state index in [1.165, 1.54) is 0 Å². The summed E-state index contributed by atoms with van der Waals surface area (Å²) in [6.07, 6.45) is 5.67. The molecule has 2 aliphatic rings. The Labute approximate surface area is 123 Å². The molecule has 0 bridgehead atoms. The van der Waals surface area contributed by atoms with Crippen LogP contribution in [0.5, 0.6) is 0 Å². The highest BCUT2D eigenvalue weighted by Crippen LogP contribution is 2.21. The van der Waals surface area contributed by atoms with E-state index in [0.717, 1.165) is 12.8 Å². The molecule has 4 N–H and O–H groups in total. The number of nitrogens with zero attached hydrogens (tertiary/aromatic N) is 1. The number of carboxylic acid groups (broad SMARTS) is 1. The number of carboxylic acids is 1. The second-order valence-corrected chi connectivity index (χ2v) is 5.72. The Balaban J connectivity index is 1.74. The molecule has 0 radical (unpaired) electrons. The number of nitrogens with one attached hydrogen (secondary N) is 1. The highest BCUT2D eigenvalue weighted by atomic mass is 16.4. The van der Waals surface area contributed by atoms with Gasteiger partial charge in [0, 0.05) is 19.5 Å². The second-order valence-electron chi connectivity index (χ2n) is 5.72. The lowest BCUT2D eigenvalue weighted by Gasteiger charge is -2.32. The fraction of sp³-hybridized carbons (Fsp3) is 0.643. The van der Waals surface area contributed by atoms with Crippen LogP contribution < -0.4 is 11.1 Å². The average Bonchev–Trinajstić information content (AvgIpc) is 2.87. The summed E-state index contributed by atoms with van der Waals surface area (Å²) in [4.78, 5) is 35.5. The smallest absolute Gasteiger partial charge is 0.317 e. The van der Waals surface area contributed by atoms with E-state index in [-0.39, 0.29) is 23.9 Å². The number of carbonyl (C=O) groups excluding carboxylic acids is 2. The lowest BCUT2D eigenvalue weighted by molar-refractivity contribution is -0.140. The van der Waals surface area contributed by atoms with Gasteiger partial charge in [0.15, 0.2) is 0 Å². The van der Waals surface area contributed by atoms with Gasteiger partial charge in [0.2, 0.25) is 5.91 Å². The lowest BCUT2D eigenvalue weighted by atomic mass is 9.93. The van der Waals surface area contributed by atoms with E-state index in [0.29, 0.717) is 25.9 Å². The van der Waals surface area contributed by atoms with Crippen LogP contribution in [0.15, 0.2) is 12.2 Å². The molecule has 1 heterocycles. The summed E-state index contributed by atoms with van der Waals surface area (Å²) in [7, 11) is 0. The summed E-state index contributed by atoms with van der Waals surface area (Å²) < 4.78 is 0. The van der Waals surface area contributed by atoms with Crippen LogP contribution in [0.3, 0.4) is 0 Å². The molecular weight excluding hydrogens is 274 g/mol. The zero-order valence-electron chi connectivity index (χ0n) is 11.8. The number of likely N-dealkylation sites (tertiary alicyclic amines) is 1. The van der Waals surface area contributed by atoms with Gasteiger partial charge in [-0.15, -0.1) is 0 Å². The minimum Gasteiger partial charge on any atom is -0.481 e. The van der Waals surface area contributed by atoms with E-state index in [1.54, 1.807) is 17.1 Å². The van der Waals surface area contributed by atoms with Crippen molar-refractivity contribution in [3.05, 3.63) is 12.2 Å². The molecule has 21 heavy (non-hydrogen) atoms. The molecule has 7 heteroatoms. The van der Waals surface area contributed by atoms with Gasteiger partial charge in [0.1, 0.15) is 0 Å². The average molecular weight is 295 g/mol. The number of rotatable bonds is 4. The summed E-state index contributed by atoms with van der Waals surface area (Å²) in [6, 6.07) is -0.393. The summed E-state index contributed by atoms with van der Waals surface area (Å²) in [5, 5.41) is 11.7. The first-order valence-electron chi connectivity index (χ1n) is 7.20. The Morgan fingerprint density at radius 3 is 2.43 bits per heavy atom. The molecule has 0 aromatic carbocycles. The third-order valence-electron chi connectivity index (χ3n) is 4.10. The van der Waals surface area contributed by atoms with Crippen molar-refractivity contribution in [2.45, 2.75) is 31.7 Å². The van der Waals surface area contributed by atoms with Crippen LogP contribution >= 0.6 is 0 Å². The van der Waals surface area contributed by atoms with Crippen LogP contribution in [-0.4, -0.2) is 47.0 Å². The van der Waals surface area contributed by atoms with Crippen LogP contribution in [0.4, 0.5) is 4.79 Å². The number of urea groups is 1. The van der Waals surface area contributed by atoms with Gasteiger partial charge in [0.25, 0.3) is 0 Å². The topological polar surface area (TPSA) is 113 Å². The van der Waals surface area contributed by atoms with Crippen molar-refractivity contribution in [3.63, 3.8) is 0 Å². The molecular formula is C14H21N3O4. The summed E-state index contributed by atoms with van der Waals surface area (Å²) in [5.41, 5.74) is 5.18. The number of carbonyl (C=O) groups is 3. The number of nitrogens with two attached hydrogens (primary N) is 1. The fourth-order valence-corrected chi connectivity index (χ4v) is 2.86. The second kappa shape index (κ2) is 6.60. The van der Waals surface area contributed by atoms with Gasteiger partial charge in [0.05, 0.1) is 12.0 Å². The van der Waals surface area contributed by atoms with E-state index in [9.17, 15) is 14.4 Å². The van der Waals surface area contributed by atoms with Crippen LogP contribution in [0, 0.1) is 11.8 Å². The molecule has 2 unspecified atom stereocenters. The first-order valence-corrected chi connectivity index (χ1v) is 7.20. The Morgan fingerprint density at radius 1 is 1.24 bits per heavy atom. The maximum Gasteiger partial charge on any atom is 0.317 e. The quantitative estimate of drug-likeness (QED) is 0.648. The van der Waals surface area contributed by atoms with Gasteiger partial charge in [-0.25, -0.2) is 4.79 Å². The Kier molecular flexibility index (Phi) is 4.82. The fourth-order valence-electron chi connectivity index (χ4n) is 2.86. The SMILES string of the molecule is NC(=O)CC1CCN(C(=O)NC2C=CC(C(=O)O)C2)CC1. The highest BCUT2D eigenvalue weighted by molar-refractivity contribution is 5.77. The van der Waals surface area contributed by atoms with Gasteiger partial charge in [-0.1, -0.05) is 12.2 Å². The monoisotopic (exact) mass is 295 g/mol. The molecule has 7 nitrogen and oxygen atoms in total. The van der Waals surface area contributed by atoms with E-state index < -0.39 is 11.9 Å². The molecule has 1 saturated heterocycles. The first kappa shape index (κ1) is 15.3. The number of piperidine rings is 1. The number of aliphatic carboxylic acids is 1. The normalized spacial score (nSPS) is 25.8. The molecule has 1 aliphatic carbocycles. The van der Waals surface area contributed by atoms with E-state index >= 15 is 0 Å². The number of amides is 3. The maximum absolute atomic E-state index is 12.1.